The second-order valence-electron chi connectivity index (χ2n) is 5.54. The van der Waals surface area contributed by atoms with Crippen LogP contribution in [0.5, 0.6) is 0 Å². The van der Waals surface area contributed by atoms with Crippen molar-refractivity contribution in [3.63, 3.8) is 0 Å². The van der Waals surface area contributed by atoms with Crippen molar-refractivity contribution in [2.45, 2.75) is 33.2 Å². The first-order valence-corrected chi connectivity index (χ1v) is 6.31. The molecular weight excluding hydrogens is 208 g/mol. The van der Waals surface area contributed by atoms with Gasteiger partial charge in [-0.05, 0) is 44.4 Å². The fourth-order valence-electron chi connectivity index (χ4n) is 2.24. The summed E-state index contributed by atoms with van der Waals surface area (Å²) in [5.41, 5.74) is 2.74. The number of benzene rings is 1. The Labute approximate surface area is 104 Å². The Hall–Kier alpha value is -1.33. The molecule has 0 unspecified atom stereocenters. The molecular formula is C15H20N2. The second kappa shape index (κ2) is 4.89. The molecule has 2 rings (SSSR count). The summed E-state index contributed by atoms with van der Waals surface area (Å²) in [6.07, 6.45) is 2.09. The smallest absolute Gasteiger partial charge is 0.0684 e. The van der Waals surface area contributed by atoms with Crippen LogP contribution in [-0.2, 0) is 13.0 Å². The van der Waals surface area contributed by atoms with Crippen LogP contribution in [-0.4, -0.2) is 18.0 Å². The van der Waals surface area contributed by atoms with Gasteiger partial charge in [0.05, 0.1) is 11.5 Å². The van der Waals surface area contributed by atoms with Crippen molar-refractivity contribution < 1.29 is 0 Å². The summed E-state index contributed by atoms with van der Waals surface area (Å²) in [4.78, 5) is 2.46. The van der Waals surface area contributed by atoms with Crippen molar-refractivity contribution in [2.75, 3.05) is 13.1 Å². The van der Waals surface area contributed by atoms with Gasteiger partial charge in [0, 0.05) is 13.1 Å². The molecule has 0 N–H and O–H groups in total. The van der Waals surface area contributed by atoms with E-state index in [2.05, 4.69) is 35.2 Å². The maximum Gasteiger partial charge on any atom is 0.0684 e. The molecule has 0 saturated heterocycles. The lowest BCUT2D eigenvalue weighted by Crippen LogP contribution is -2.33. The van der Waals surface area contributed by atoms with E-state index in [0.717, 1.165) is 32.5 Å². The summed E-state index contributed by atoms with van der Waals surface area (Å²) in [6, 6.07) is 11.1. The van der Waals surface area contributed by atoms with Gasteiger partial charge in [0.1, 0.15) is 0 Å². The zero-order chi connectivity index (χ0) is 12.3. The molecule has 0 fully saturated rings. The van der Waals surface area contributed by atoms with E-state index >= 15 is 0 Å². The van der Waals surface area contributed by atoms with Crippen LogP contribution in [0.1, 0.15) is 31.4 Å². The zero-order valence-electron chi connectivity index (χ0n) is 10.7. The van der Waals surface area contributed by atoms with Crippen molar-refractivity contribution in [1.29, 1.82) is 5.26 Å². The number of fused-ring (bicyclic) bond motifs is 1. The number of nitriles is 1. The molecule has 0 aromatic heterocycles. The minimum Gasteiger partial charge on any atom is -0.299 e. The molecule has 0 aliphatic carbocycles. The van der Waals surface area contributed by atoms with E-state index in [1.165, 1.54) is 11.1 Å². The lowest BCUT2D eigenvalue weighted by atomic mass is 9.90. The maximum absolute atomic E-state index is 9.01. The normalized spacial score (nSPS) is 16.3. The molecule has 0 radical (unpaired) electrons. The minimum absolute atomic E-state index is 0.197. The first kappa shape index (κ1) is 12.1. The zero-order valence-corrected chi connectivity index (χ0v) is 10.7. The average Bonchev–Trinajstić information content (AvgIpc) is 2.36. The Kier molecular flexibility index (Phi) is 3.49. The van der Waals surface area contributed by atoms with Gasteiger partial charge in [0.25, 0.3) is 0 Å². The lowest BCUT2D eigenvalue weighted by Gasteiger charge is -2.30. The summed E-state index contributed by atoms with van der Waals surface area (Å²) < 4.78 is 0. The molecule has 0 bridgehead atoms. The van der Waals surface area contributed by atoms with E-state index in [0.29, 0.717) is 0 Å². The Bertz CT molecular complexity index is 429. The number of nitrogens with zero attached hydrogens (tertiary/aromatic N) is 2. The molecule has 90 valence electrons. The fraction of sp³-hybridized carbons (Fsp3) is 0.533. The highest BCUT2D eigenvalue weighted by molar-refractivity contribution is 5.29. The Morgan fingerprint density at radius 1 is 1.29 bits per heavy atom. The van der Waals surface area contributed by atoms with Gasteiger partial charge in [-0.1, -0.05) is 24.3 Å². The van der Waals surface area contributed by atoms with Crippen LogP contribution in [0, 0.1) is 16.7 Å². The van der Waals surface area contributed by atoms with E-state index in [1.807, 2.05) is 13.8 Å². The van der Waals surface area contributed by atoms with Crippen molar-refractivity contribution in [2.24, 2.45) is 5.41 Å². The first-order valence-electron chi connectivity index (χ1n) is 6.31. The summed E-state index contributed by atoms with van der Waals surface area (Å²) in [5.74, 6) is 0. The van der Waals surface area contributed by atoms with E-state index in [9.17, 15) is 0 Å². The van der Waals surface area contributed by atoms with Crippen LogP contribution in [0.4, 0.5) is 0 Å². The maximum atomic E-state index is 9.01. The topological polar surface area (TPSA) is 27.0 Å². The van der Waals surface area contributed by atoms with Gasteiger partial charge in [-0.2, -0.15) is 5.26 Å². The molecule has 17 heavy (non-hydrogen) atoms. The fourth-order valence-corrected chi connectivity index (χ4v) is 2.24. The summed E-state index contributed by atoms with van der Waals surface area (Å²) in [5, 5.41) is 9.01. The quantitative estimate of drug-likeness (QED) is 0.795. The van der Waals surface area contributed by atoms with Crippen molar-refractivity contribution >= 4 is 0 Å². The van der Waals surface area contributed by atoms with Crippen molar-refractivity contribution in [3.8, 4) is 6.07 Å². The van der Waals surface area contributed by atoms with E-state index < -0.39 is 0 Å². The molecule has 0 saturated carbocycles. The third kappa shape index (κ3) is 3.08. The molecule has 0 atom stereocenters. The van der Waals surface area contributed by atoms with Crippen molar-refractivity contribution in [1.82, 2.24) is 4.90 Å². The molecule has 1 aliphatic heterocycles. The minimum atomic E-state index is -0.197. The van der Waals surface area contributed by atoms with Crippen LogP contribution < -0.4 is 0 Å². The van der Waals surface area contributed by atoms with Crippen molar-refractivity contribution in [3.05, 3.63) is 35.4 Å². The predicted molar refractivity (Wildman–Crippen MR) is 69.4 cm³/mol. The Morgan fingerprint density at radius 3 is 2.71 bits per heavy atom. The summed E-state index contributed by atoms with van der Waals surface area (Å²) >= 11 is 0. The van der Waals surface area contributed by atoms with Crippen LogP contribution >= 0.6 is 0 Å². The third-order valence-electron chi connectivity index (χ3n) is 3.57. The molecule has 2 nitrogen and oxygen atoms in total. The molecule has 1 aromatic carbocycles. The average molecular weight is 228 g/mol. The SMILES string of the molecule is CC(C)(C#N)CCN1CCc2ccccc2C1. The van der Waals surface area contributed by atoms with Crippen LogP contribution in [0.3, 0.4) is 0 Å². The molecule has 2 heteroatoms. The van der Waals surface area contributed by atoms with E-state index in [1.54, 1.807) is 0 Å². The van der Waals surface area contributed by atoms with Gasteiger partial charge < -0.3 is 0 Å². The number of rotatable bonds is 3. The Balaban J connectivity index is 1.93. The largest absolute Gasteiger partial charge is 0.299 e. The van der Waals surface area contributed by atoms with Gasteiger partial charge in [-0.25, -0.2) is 0 Å². The summed E-state index contributed by atoms with van der Waals surface area (Å²) in [7, 11) is 0. The van der Waals surface area contributed by atoms with E-state index in [4.69, 9.17) is 5.26 Å². The van der Waals surface area contributed by atoms with Gasteiger partial charge in [-0.15, -0.1) is 0 Å². The molecule has 0 amide bonds. The highest BCUT2D eigenvalue weighted by Crippen LogP contribution is 2.22. The van der Waals surface area contributed by atoms with Crippen LogP contribution in [0.15, 0.2) is 24.3 Å². The second-order valence-corrected chi connectivity index (χ2v) is 5.54. The predicted octanol–water partition coefficient (Wildman–Crippen LogP) is 2.98. The van der Waals surface area contributed by atoms with Crippen LogP contribution in [0.25, 0.3) is 0 Å². The lowest BCUT2D eigenvalue weighted by molar-refractivity contribution is 0.225. The standard InChI is InChI=1S/C15H20N2/c1-15(2,12-16)8-10-17-9-7-13-5-3-4-6-14(13)11-17/h3-6H,7-11H2,1-2H3. The van der Waals surface area contributed by atoms with Gasteiger partial charge in [0.2, 0.25) is 0 Å². The highest BCUT2D eigenvalue weighted by atomic mass is 15.1. The van der Waals surface area contributed by atoms with Gasteiger partial charge in [0.15, 0.2) is 0 Å². The monoisotopic (exact) mass is 228 g/mol. The third-order valence-corrected chi connectivity index (χ3v) is 3.57. The highest BCUT2D eigenvalue weighted by Gasteiger charge is 2.20. The summed E-state index contributed by atoms with van der Waals surface area (Å²) in [6.45, 7) is 7.22. The molecule has 1 heterocycles. The molecule has 0 spiro atoms. The van der Waals surface area contributed by atoms with Crippen LogP contribution in [0.2, 0.25) is 0 Å². The van der Waals surface area contributed by atoms with E-state index in [-0.39, 0.29) is 5.41 Å². The molecule has 1 aliphatic rings. The van der Waals surface area contributed by atoms with Gasteiger partial charge in [-0.3, -0.25) is 4.90 Å². The number of hydrogen-bond donors (Lipinski definition) is 0. The van der Waals surface area contributed by atoms with Gasteiger partial charge >= 0.3 is 0 Å². The molecule has 1 aromatic rings. The number of hydrogen-bond acceptors (Lipinski definition) is 2. The Morgan fingerprint density at radius 2 is 2.00 bits per heavy atom. The first-order chi connectivity index (χ1) is 8.11.